The van der Waals surface area contributed by atoms with Crippen molar-refractivity contribution in [1.82, 2.24) is 4.98 Å². The number of hydrogen-bond acceptors (Lipinski definition) is 7. The van der Waals surface area contributed by atoms with E-state index in [1.807, 2.05) is 0 Å². The van der Waals surface area contributed by atoms with Crippen molar-refractivity contribution < 1.29 is 31.2 Å². The fourth-order valence-electron chi connectivity index (χ4n) is 2.83. The Kier molecular flexibility index (Phi) is 6.46. The molecule has 1 aromatic heterocycles. The van der Waals surface area contributed by atoms with E-state index in [9.17, 15) is 26.4 Å². The number of nitrogens with zero attached hydrogens (tertiary/aromatic N) is 2. The van der Waals surface area contributed by atoms with Gasteiger partial charge in [-0.15, -0.1) is 0 Å². The molecule has 1 aliphatic carbocycles. The summed E-state index contributed by atoms with van der Waals surface area (Å²) < 4.78 is 61.5. The van der Waals surface area contributed by atoms with E-state index in [1.165, 1.54) is 24.3 Å². The van der Waals surface area contributed by atoms with E-state index in [0.717, 1.165) is 31.9 Å². The number of hydrogen-bond donors (Lipinski definition) is 1. The number of anilines is 1. The van der Waals surface area contributed by atoms with Gasteiger partial charge in [0.05, 0.1) is 11.1 Å². The van der Waals surface area contributed by atoms with Crippen LogP contribution in [-0.2, 0) is 25.6 Å². The molecule has 1 aromatic carbocycles. The zero-order valence-corrected chi connectivity index (χ0v) is 17.4. The second kappa shape index (κ2) is 8.72. The molecule has 0 unspecified atom stereocenters. The molecule has 1 N–H and O–H groups in total. The van der Waals surface area contributed by atoms with Gasteiger partial charge in [-0.25, -0.2) is 13.4 Å². The monoisotopic (exact) mass is 461 g/mol. The third-order valence-corrected chi connectivity index (χ3v) is 6.46. The number of halogens is 3. The maximum absolute atomic E-state index is 12.8. The van der Waals surface area contributed by atoms with Crippen molar-refractivity contribution in [2.45, 2.75) is 42.9 Å². The van der Waals surface area contributed by atoms with E-state index in [4.69, 9.17) is 4.84 Å². The number of oxime groups is 1. The zero-order valence-electron chi connectivity index (χ0n) is 15.8. The molecule has 1 fully saturated rings. The van der Waals surface area contributed by atoms with E-state index in [2.05, 4.69) is 15.5 Å². The molecule has 0 aliphatic heterocycles. The summed E-state index contributed by atoms with van der Waals surface area (Å²) in [6.45, 7) is 0. The summed E-state index contributed by atoms with van der Waals surface area (Å²) in [5, 5.41) is 5.98. The number of thiazole rings is 1. The number of sulfone groups is 1. The van der Waals surface area contributed by atoms with Gasteiger partial charge in [0.25, 0.3) is 5.91 Å². The number of carbonyl (C=O) groups is 1. The first kappa shape index (κ1) is 22.2. The van der Waals surface area contributed by atoms with Crippen LogP contribution >= 0.6 is 11.3 Å². The van der Waals surface area contributed by atoms with Gasteiger partial charge in [-0.1, -0.05) is 28.6 Å². The number of nitrogens with one attached hydrogen (secondary N) is 1. The number of carbonyl (C=O) groups excluding carboxylic acids is 1. The third kappa shape index (κ3) is 5.57. The Morgan fingerprint density at radius 2 is 1.87 bits per heavy atom. The minimum absolute atomic E-state index is 0.0532. The van der Waals surface area contributed by atoms with Gasteiger partial charge in [0.2, 0.25) is 0 Å². The Hall–Kier alpha value is -2.47. The van der Waals surface area contributed by atoms with Crippen LogP contribution in [0.3, 0.4) is 0 Å². The van der Waals surface area contributed by atoms with Crippen molar-refractivity contribution in [2.75, 3.05) is 11.6 Å². The molecule has 12 heteroatoms. The minimum Gasteiger partial charge on any atom is -0.392 e. The molecular formula is C18H18F3N3O4S2. The van der Waals surface area contributed by atoms with Gasteiger partial charge < -0.3 is 4.84 Å². The van der Waals surface area contributed by atoms with Crippen LogP contribution in [0, 0.1) is 0 Å². The maximum Gasteiger partial charge on any atom is 0.427 e. The Balaban J connectivity index is 1.85. The summed E-state index contributed by atoms with van der Waals surface area (Å²) >= 11 is 0.287. The molecule has 162 valence electrons. The summed E-state index contributed by atoms with van der Waals surface area (Å²) in [4.78, 5) is 20.8. The highest BCUT2D eigenvalue weighted by molar-refractivity contribution is 7.90. The lowest BCUT2D eigenvalue weighted by Gasteiger charge is -2.11. The predicted molar refractivity (Wildman–Crippen MR) is 105 cm³/mol. The molecule has 0 atom stereocenters. The van der Waals surface area contributed by atoms with Gasteiger partial charge >= 0.3 is 6.18 Å². The molecule has 1 heterocycles. The van der Waals surface area contributed by atoms with Gasteiger partial charge in [-0.2, -0.15) is 13.2 Å². The first-order valence-corrected chi connectivity index (χ1v) is 11.6. The molecule has 1 saturated carbocycles. The van der Waals surface area contributed by atoms with E-state index in [-0.39, 0.29) is 38.7 Å². The molecule has 0 radical (unpaired) electrons. The molecule has 1 amide bonds. The van der Waals surface area contributed by atoms with Crippen molar-refractivity contribution >= 4 is 37.9 Å². The van der Waals surface area contributed by atoms with Gasteiger partial charge in [0.15, 0.2) is 20.7 Å². The van der Waals surface area contributed by atoms with E-state index in [0.29, 0.717) is 6.20 Å². The summed E-state index contributed by atoms with van der Waals surface area (Å²) in [5.74, 6) is -0.817. The van der Waals surface area contributed by atoms with Crippen LogP contribution < -0.4 is 5.32 Å². The fourth-order valence-corrected chi connectivity index (χ4v) is 4.13. The predicted octanol–water partition coefficient (Wildman–Crippen LogP) is 3.87. The normalized spacial score (nSPS) is 15.9. The van der Waals surface area contributed by atoms with Crippen molar-refractivity contribution in [3.63, 3.8) is 0 Å². The van der Waals surface area contributed by atoms with Crippen LogP contribution in [0.2, 0.25) is 0 Å². The van der Waals surface area contributed by atoms with Crippen molar-refractivity contribution in [2.24, 2.45) is 5.16 Å². The molecule has 7 nitrogen and oxygen atoms in total. The lowest BCUT2D eigenvalue weighted by molar-refractivity contribution is -0.134. The first-order valence-electron chi connectivity index (χ1n) is 8.93. The molecule has 30 heavy (non-hydrogen) atoms. The molecule has 2 aromatic rings. The second-order valence-electron chi connectivity index (χ2n) is 6.73. The second-order valence-corrected chi connectivity index (χ2v) is 9.78. The molecule has 0 saturated heterocycles. The van der Waals surface area contributed by atoms with Crippen molar-refractivity contribution in [3.05, 3.63) is 40.9 Å². The number of amides is 1. The molecule has 3 rings (SSSR count). The highest BCUT2D eigenvalue weighted by Crippen LogP contribution is 2.35. The summed E-state index contributed by atoms with van der Waals surface area (Å²) in [6, 6.07) is 5.40. The largest absolute Gasteiger partial charge is 0.427 e. The number of rotatable bonds is 6. The Bertz CT molecular complexity index is 1040. The summed E-state index contributed by atoms with van der Waals surface area (Å²) in [7, 11) is -3.44. The van der Waals surface area contributed by atoms with Gasteiger partial charge in [-0.3, -0.25) is 10.1 Å². The lowest BCUT2D eigenvalue weighted by Crippen LogP contribution is -2.25. The van der Waals surface area contributed by atoms with Crippen LogP contribution in [0.1, 0.15) is 36.1 Å². The third-order valence-electron chi connectivity index (χ3n) is 4.37. The van der Waals surface area contributed by atoms with Crippen LogP contribution in [0.15, 0.2) is 40.5 Å². The molecular weight excluding hydrogens is 443 g/mol. The van der Waals surface area contributed by atoms with Crippen LogP contribution in [0.4, 0.5) is 18.3 Å². The van der Waals surface area contributed by atoms with Crippen molar-refractivity contribution in [3.8, 4) is 0 Å². The molecule has 1 aliphatic rings. The highest BCUT2D eigenvalue weighted by Gasteiger charge is 2.33. The SMILES string of the molecule is CS(=O)(=O)c1ccc(C(=NOC2CCCC2)C(=O)Nc2ncc(C(F)(F)F)s2)cc1. The summed E-state index contributed by atoms with van der Waals surface area (Å²) in [5.41, 5.74) is 0.0659. The van der Waals surface area contributed by atoms with E-state index in [1.54, 1.807) is 0 Å². The van der Waals surface area contributed by atoms with E-state index < -0.39 is 26.8 Å². The van der Waals surface area contributed by atoms with Crippen molar-refractivity contribution in [1.29, 1.82) is 0 Å². The van der Waals surface area contributed by atoms with E-state index >= 15 is 0 Å². The average Bonchev–Trinajstić information content (AvgIpc) is 3.33. The lowest BCUT2D eigenvalue weighted by atomic mass is 10.1. The number of alkyl halides is 3. The smallest absolute Gasteiger partial charge is 0.392 e. The zero-order chi connectivity index (χ0) is 21.9. The van der Waals surface area contributed by atoms with Crippen LogP contribution in [0.5, 0.6) is 0 Å². The quantitative estimate of drug-likeness (QED) is 0.520. The minimum atomic E-state index is -4.56. The number of aromatic nitrogens is 1. The molecule has 0 bridgehead atoms. The van der Waals surface area contributed by atoms with Gasteiger partial charge in [0.1, 0.15) is 11.0 Å². The van der Waals surface area contributed by atoms with Crippen LogP contribution in [-0.4, -0.2) is 37.4 Å². The average molecular weight is 461 g/mol. The van der Waals surface area contributed by atoms with Gasteiger partial charge in [0, 0.05) is 11.8 Å². The number of benzene rings is 1. The topological polar surface area (TPSA) is 97.7 Å². The van der Waals surface area contributed by atoms with Crippen LogP contribution in [0.25, 0.3) is 0 Å². The Labute approximate surface area is 174 Å². The Morgan fingerprint density at radius 3 is 2.40 bits per heavy atom. The molecule has 0 spiro atoms. The standard InChI is InChI=1S/C18H18F3N3O4S2/c1-30(26,27)13-8-6-11(7-9-13)15(24-28-12-4-2-3-5-12)16(25)23-17-22-10-14(29-17)18(19,20)21/h6-10,12H,2-5H2,1H3,(H,22,23,25). The fraction of sp³-hybridized carbons (Fsp3) is 0.389. The maximum atomic E-state index is 12.8. The van der Waals surface area contributed by atoms with Gasteiger partial charge in [-0.05, 0) is 37.8 Å². The summed E-state index contributed by atoms with van der Waals surface area (Å²) in [6.07, 6.45) is 0.485. The Morgan fingerprint density at radius 1 is 1.23 bits per heavy atom. The first-order chi connectivity index (χ1) is 14.0. The highest BCUT2D eigenvalue weighted by atomic mass is 32.2.